The highest BCUT2D eigenvalue weighted by atomic mass is 79.9. The normalized spacial score (nSPS) is 17.2. The van der Waals surface area contributed by atoms with Crippen molar-refractivity contribution in [2.45, 2.75) is 222 Å². The summed E-state index contributed by atoms with van der Waals surface area (Å²) in [5, 5.41) is 35.6. The van der Waals surface area contributed by atoms with E-state index in [0.717, 1.165) is 143 Å². The van der Waals surface area contributed by atoms with Crippen molar-refractivity contribution in [2.24, 2.45) is 21.7 Å². The molecule has 136 heavy (non-hydrogen) atoms. The number of aromatic nitrogens is 4. The lowest BCUT2D eigenvalue weighted by Crippen LogP contribution is -2.31. The number of methoxy groups -OCH3 is 4. The third-order valence-electron chi connectivity index (χ3n) is 25.3. The van der Waals surface area contributed by atoms with E-state index < -0.39 is 41.9 Å². The standard InChI is InChI=1S/C27H35NO6.2C25H31NO6.C24H30BrNO6.C3H7BO2/c1-6-32-26(30)20-15-28-21(13-22(20)29)19-12-18(17-8-9-17)23(33-11-7-10-31-5)14-24(19)34-16-25(28)27(2,3)4;2*1-25(2,3)23-14-32-22-12-21(31-9-5-8-30-4)16(15-6-7-15)10-17(22)19-11-20(27)18(24(28)29)13-26(19)23;1-6-30-23(28)16-13-26-18(11-19(16)27)15-10-17(25)21(31-9-7-8-29-5)12-20(15)32-14-22(26)24(2,3)4;5-4(6)3-1-2-3/h12-15,17,25H,6-11,16H2,1-5H3;2*10-13,15,23H,5-9,14H2,1-4H3,(H,28,29);10-13,22H,6-9,14H2,1-5H3;3,5-6H,1-2H2/t25-;2*23-;22-;/m0000./s1. The van der Waals surface area contributed by atoms with Gasteiger partial charge in [-0.25, -0.2) is 19.2 Å². The lowest BCUT2D eigenvalue weighted by atomic mass is 9.84. The predicted octanol–water partition coefficient (Wildman–Crippen LogP) is 18.4. The first-order valence-corrected chi connectivity index (χ1v) is 48.0. The number of nitrogens with zero attached hydrogens (tertiary/aromatic N) is 4. The summed E-state index contributed by atoms with van der Waals surface area (Å²) in [4.78, 5) is 99.3. The smallest absolute Gasteiger partial charge is 0.454 e. The lowest BCUT2D eigenvalue weighted by molar-refractivity contribution is 0.0513. The van der Waals surface area contributed by atoms with E-state index in [1.165, 1.54) is 30.6 Å². The Labute approximate surface area is 803 Å². The molecule has 8 aromatic rings. The molecular weight excluding hydrogens is 1810 g/mol. The minimum Gasteiger partial charge on any atom is -0.493 e. The van der Waals surface area contributed by atoms with Crippen LogP contribution in [0.5, 0.6) is 46.0 Å². The summed E-state index contributed by atoms with van der Waals surface area (Å²) in [7, 11) is 5.65. The average Bonchev–Trinajstić information content (AvgIpc) is 1.62. The third kappa shape index (κ3) is 25.8. The molecular formula is C104H134BBrN4O26. The number of hydrogen-bond donors (Lipinski definition) is 4. The number of halogens is 1. The minimum absolute atomic E-state index is 0.0189. The fraction of sp³-hybridized carbons (Fsp3) is 0.538. The first-order chi connectivity index (χ1) is 64.6. The molecule has 4 aliphatic carbocycles. The first kappa shape index (κ1) is 104. The molecule has 736 valence electrons. The van der Waals surface area contributed by atoms with Gasteiger partial charge in [-0.1, -0.05) is 95.9 Å². The molecule has 0 saturated heterocycles. The van der Waals surface area contributed by atoms with Crippen LogP contribution in [0.4, 0.5) is 0 Å². The van der Waals surface area contributed by atoms with E-state index in [1.54, 1.807) is 60.7 Å². The molecule has 4 aromatic carbocycles. The van der Waals surface area contributed by atoms with E-state index in [9.17, 15) is 48.6 Å². The highest BCUT2D eigenvalue weighted by molar-refractivity contribution is 9.10. The Kier molecular flexibility index (Phi) is 34.7. The number of hydrogen-bond acceptors (Lipinski definition) is 24. The molecule has 30 nitrogen and oxygen atoms in total. The number of aromatic carboxylic acids is 2. The van der Waals surface area contributed by atoms with Gasteiger partial charge in [0.25, 0.3) is 0 Å². The zero-order valence-electron chi connectivity index (χ0n) is 81.8. The highest BCUT2D eigenvalue weighted by Crippen LogP contribution is 2.55. The van der Waals surface area contributed by atoms with Crippen LogP contribution in [0.15, 0.2) is 121 Å². The second-order valence-corrected chi connectivity index (χ2v) is 40.8. The maximum atomic E-state index is 13.0. The summed E-state index contributed by atoms with van der Waals surface area (Å²) in [6, 6.07) is 21.2. The van der Waals surface area contributed by atoms with Gasteiger partial charge in [0, 0.05) is 176 Å². The molecule has 0 radical (unpaired) electrons. The number of esters is 2. The maximum Gasteiger partial charge on any atom is 0.454 e. The summed E-state index contributed by atoms with van der Waals surface area (Å²) >= 11 is 3.58. The predicted molar refractivity (Wildman–Crippen MR) is 521 cm³/mol. The van der Waals surface area contributed by atoms with Crippen molar-refractivity contribution in [1.29, 1.82) is 0 Å². The van der Waals surface area contributed by atoms with E-state index >= 15 is 0 Å². The molecule has 8 aliphatic rings. The fourth-order valence-electron chi connectivity index (χ4n) is 16.9. The van der Waals surface area contributed by atoms with Crippen molar-refractivity contribution in [3.8, 4) is 91.0 Å². The third-order valence-corrected chi connectivity index (χ3v) is 25.9. The van der Waals surface area contributed by atoms with E-state index in [4.69, 9.17) is 76.4 Å². The summed E-state index contributed by atoms with van der Waals surface area (Å²) in [5.41, 5.74) is 6.40. The number of ether oxygens (including phenoxy) is 14. The maximum absolute atomic E-state index is 13.0. The van der Waals surface area contributed by atoms with Crippen molar-refractivity contribution < 1.29 is 106 Å². The van der Waals surface area contributed by atoms with Crippen molar-refractivity contribution in [2.75, 3.05) is 121 Å². The van der Waals surface area contributed by atoms with Crippen LogP contribution in [-0.2, 0) is 28.4 Å². The number of carbonyl (C=O) groups excluding carboxylic acids is 2. The molecule has 4 saturated carbocycles. The second kappa shape index (κ2) is 45.3. The number of carbonyl (C=O) groups is 4. The number of carboxylic acids is 2. The minimum atomic E-state index is -1.22. The Morgan fingerprint density at radius 1 is 0.368 bits per heavy atom. The van der Waals surface area contributed by atoms with Gasteiger partial charge in [-0.15, -0.1) is 0 Å². The van der Waals surface area contributed by atoms with Crippen LogP contribution in [-0.4, -0.2) is 190 Å². The van der Waals surface area contributed by atoms with Gasteiger partial charge in [0.1, 0.15) is 94.7 Å². The Hall–Kier alpha value is -10.7. The lowest BCUT2D eigenvalue weighted by Gasteiger charge is -2.32. The summed E-state index contributed by atoms with van der Waals surface area (Å²) in [6.45, 7) is 35.2. The topological polar surface area (TPSA) is 366 Å². The van der Waals surface area contributed by atoms with Crippen molar-refractivity contribution in [1.82, 2.24) is 18.3 Å². The number of benzene rings is 4. The van der Waals surface area contributed by atoms with Gasteiger partial charge >= 0.3 is 31.0 Å². The van der Waals surface area contributed by atoms with Gasteiger partial charge in [0.15, 0.2) is 21.7 Å². The van der Waals surface area contributed by atoms with Crippen LogP contribution in [0.3, 0.4) is 0 Å². The molecule has 0 bridgehead atoms. The molecule has 0 spiro atoms. The van der Waals surface area contributed by atoms with Gasteiger partial charge in [-0.05, 0) is 154 Å². The van der Waals surface area contributed by atoms with Crippen LogP contribution in [0, 0.1) is 21.7 Å². The Morgan fingerprint density at radius 3 is 0.846 bits per heavy atom. The van der Waals surface area contributed by atoms with Crippen LogP contribution >= 0.6 is 15.9 Å². The molecule has 4 aliphatic heterocycles. The quantitative estimate of drug-likeness (QED) is 0.0184. The molecule has 32 heteroatoms. The van der Waals surface area contributed by atoms with Gasteiger partial charge in [0.05, 0.1) is 91.1 Å². The van der Waals surface area contributed by atoms with Crippen molar-refractivity contribution >= 4 is 46.9 Å². The molecule has 8 heterocycles. The Bertz CT molecular complexity index is 5680. The van der Waals surface area contributed by atoms with Crippen LogP contribution < -0.4 is 59.6 Å². The molecule has 4 fully saturated rings. The Morgan fingerprint density at radius 2 is 0.618 bits per heavy atom. The first-order valence-electron chi connectivity index (χ1n) is 47.2. The molecule has 0 unspecified atom stereocenters. The summed E-state index contributed by atoms with van der Waals surface area (Å²) in [6.07, 6.45) is 18.0. The monoisotopic (exact) mass is 1940 g/mol. The van der Waals surface area contributed by atoms with Crippen LogP contribution in [0.2, 0.25) is 5.82 Å². The molecule has 0 amide bonds. The van der Waals surface area contributed by atoms with Gasteiger partial charge in [-0.3, -0.25) is 19.2 Å². The number of rotatable bonds is 30. The summed E-state index contributed by atoms with van der Waals surface area (Å²) in [5.74, 6) is 3.60. The zero-order chi connectivity index (χ0) is 98.6. The van der Waals surface area contributed by atoms with E-state index in [0.29, 0.717) is 143 Å². The van der Waals surface area contributed by atoms with Crippen LogP contribution in [0.25, 0.3) is 45.0 Å². The summed E-state index contributed by atoms with van der Waals surface area (Å²) < 4.78 is 88.5. The fourth-order valence-corrected chi connectivity index (χ4v) is 17.4. The SMILES string of the molecule is CCOC(=O)c1cn2c(cc1=O)-c1cc(Br)c(OCCCOC)cc1OC[C@H]2C(C)(C)C.CCOC(=O)c1cn2c(cc1=O)-c1cc(C3CC3)c(OCCCOC)cc1OC[C@H]2C(C)(C)C.COCCCOc1cc2c(cc1C1CC1)-c1cc(=O)c(C(=O)O)cn1[C@H](C(C)(C)C)CO2.COCCCOc1cc2c(cc1C1CC1)-c1cc(=O)c(C(=O)O)cn1[C@H](C(C)(C)C)CO2.OB(O)C1CC1. The number of pyridine rings is 4. The number of fused-ring (bicyclic) bond motifs is 12. The molecule has 4 N–H and O–H groups in total. The molecule has 4 aromatic heterocycles. The van der Waals surface area contributed by atoms with Crippen molar-refractivity contribution in [3.05, 3.63) is 182 Å². The van der Waals surface area contributed by atoms with Crippen molar-refractivity contribution in [3.63, 3.8) is 0 Å². The molecule has 16 rings (SSSR count). The van der Waals surface area contributed by atoms with Gasteiger partial charge in [0.2, 0.25) is 0 Å². The average molecular weight is 1950 g/mol. The highest BCUT2D eigenvalue weighted by Gasteiger charge is 2.42. The Balaban J connectivity index is 0.000000159. The number of carboxylic acid groups (broad SMARTS) is 2. The largest absolute Gasteiger partial charge is 0.493 e. The van der Waals surface area contributed by atoms with Gasteiger partial charge < -0.3 is 105 Å². The van der Waals surface area contributed by atoms with E-state index in [2.05, 4.69) is 117 Å². The van der Waals surface area contributed by atoms with Gasteiger partial charge in [-0.2, -0.15) is 0 Å². The zero-order valence-corrected chi connectivity index (χ0v) is 83.3. The van der Waals surface area contributed by atoms with E-state index in [-0.39, 0.29) is 98.0 Å². The van der Waals surface area contributed by atoms with Crippen LogP contribution in [0.1, 0.15) is 274 Å². The second-order valence-electron chi connectivity index (χ2n) is 40.0. The molecule has 4 atom stereocenters. The van der Waals surface area contributed by atoms with E-state index in [1.807, 2.05) is 48.6 Å².